The number of hydrogen-bond acceptors (Lipinski definition) is 3. The first-order valence-corrected chi connectivity index (χ1v) is 4.96. The van der Waals surface area contributed by atoms with Crippen LogP contribution in [0.4, 0.5) is 0 Å². The van der Waals surface area contributed by atoms with E-state index < -0.39 is 0 Å². The lowest BCUT2D eigenvalue weighted by molar-refractivity contribution is 0.436. The Bertz CT molecular complexity index is 342. The first kappa shape index (κ1) is 8.79. The standard InChI is InChI=1S/C9H9BrN2O/c10-9-2-1-8(13-9)7-5-12-4-6(7)3-11/h1-2,6-7,12H,4-5H2/t6-,7-/m1/s1. The van der Waals surface area contributed by atoms with Gasteiger partial charge in [-0.25, -0.2) is 0 Å². The fourth-order valence-electron chi connectivity index (χ4n) is 1.64. The Kier molecular flexibility index (Phi) is 2.38. The molecular formula is C9H9BrN2O. The summed E-state index contributed by atoms with van der Waals surface area (Å²) in [7, 11) is 0. The second-order valence-corrected chi connectivity index (χ2v) is 3.92. The minimum Gasteiger partial charge on any atom is -0.454 e. The van der Waals surface area contributed by atoms with E-state index >= 15 is 0 Å². The second kappa shape index (κ2) is 3.52. The number of furan rings is 1. The highest BCUT2D eigenvalue weighted by atomic mass is 79.9. The van der Waals surface area contributed by atoms with E-state index in [0.717, 1.165) is 23.5 Å². The van der Waals surface area contributed by atoms with Gasteiger partial charge in [-0.3, -0.25) is 0 Å². The van der Waals surface area contributed by atoms with Crippen molar-refractivity contribution in [1.82, 2.24) is 5.32 Å². The van der Waals surface area contributed by atoms with Crippen LogP contribution < -0.4 is 5.32 Å². The molecule has 1 N–H and O–H groups in total. The minimum absolute atomic E-state index is 0.0399. The molecule has 0 aliphatic carbocycles. The van der Waals surface area contributed by atoms with Crippen LogP contribution in [0.3, 0.4) is 0 Å². The molecule has 1 fully saturated rings. The molecule has 1 aliphatic rings. The van der Waals surface area contributed by atoms with E-state index in [2.05, 4.69) is 27.3 Å². The van der Waals surface area contributed by atoms with Gasteiger partial charge < -0.3 is 9.73 Å². The highest BCUT2D eigenvalue weighted by Crippen LogP contribution is 2.30. The molecule has 4 heteroatoms. The quantitative estimate of drug-likeness (QED) is 0.816. The van der Waals surface area contributed by atoms with Crippen molar-refractivity contribution in [3.05, 3.63) is 22.6 Å². The van der Waals surface area contributed by atoms with Crippen molar-refractivity contribution in [2.45, 2.75) is 5.92 Å². The molecule has 0 bridgehead atoms. The molecule has 2 atom stereocenters. The lowest BCUT2D eigenvalue weighted by atomic mass is 9.95. The topological polar surface area (TPSA) is 49.0 Å². The predicted molar refractivity (Wildman–Crippen MR) is 51.1 cm³/mol. The van der Waals surface area contributed by atoms with Crippen LogP contribution in [0, 0.1) is 17.2 Å². The zero-order chi connectivity index (χ0) is 9.26. The van der Waals surface area contributed by atoms with Gasteiger partial charge in [-0.2, -0.15) is 5.26 Å². The van der Waals surface area contributed by atoms with Gasteiger partial charge in [0.05, 0.1) is 12.0 Å². The van der Waals surface area contributed by atoms with Crippen molar-refractivity contribution < 1.29 is 4.42 Å². The summed E-state index contributed by atoms with van der Waals surface area (Å²) in [5.74, 6) is 1.14. The maximum absolute atomic E-state index is 8.86. The zero-order valence-electron chi connectivity index (χ0n) is 6.96. The molecule has 0 amide bonds. The summed E-state index contributed by atoms with van der Waals surface area (Å²) in [5.41, 5.74) is 0. The Hall–Kier alpha value is -0.790. The molecule has 68 valence electrons. The summed E-state index contributed by atoms with van der Waals surface area (Å²) in [6.45, 7) is 1.59. The number of nitrogens with zero attached hydrogens (tertiary/aromatic N) is 1. The molecule has 1 aliphatic heterocycles. The fraction of sp³-hybridized carbons (Fsp3) is 0.444. The predicted octanol–water partition coefficient (Wildman–Crippen LogP) is 1.87. The molecule has 0 unspecified atom stereocenters. The summed E-state index contributed by atoms with van der Waals surface area (Å²) in [6, 6.07) is 6.07. The van der Waals surface area contributed by atoms with Crippen LogP contribution in [0.25, 0.3) is 0 Å². The largest absolute Gasteiger partial charge is 0.454 e. The highest BCUT2D eigenvalue weighted by Gasteiger charge is 2.30. The molecule has 13 heavy (non-hydrogen) atoms. The third-order valence-electron chi connectivity index (χ3n) is 2.34. The fourth-order valence-corrected chi connectivity index (χ4v) is 1.96. The maximum atomic E-state index is 8.86. The van der Waals surface area contributed by atoms with E-state index in [1.165, 1.54) is 0 Å². The van der Waals surface area contributed by atoms with Gasteiger partial charge in [-0.1, -0.05) is 0 Å². The van der Waals surface area contributed by atoms with E-state index in [1.54, 1.807) is 0 Å². The van der Waals surface area contributed by atoms with E-state index in [9.17, 15) is 0 Å². The van der Waals surface area contributed by atoms with Crippen LogP contribution in [-0.4, -0.2) is 13.1 Å². The van der Waals surface area contributed by atoms with Crippen molar-refractivity contribution in [3.8, 4) is 6.07 Å². The monoisotopic (exact) mass is 240 g/mol. The number of rotatable bonds is 1. The first-order valence-electron chi connectivity index (χ1n) is 4.17. The lowest BCUT2D eigenvalue weighted by Gasteiger charge is -2.07. The molecule has 0 spiro atoms. The van der Waals surface area contributed by atoms with Crippen molar-refractivity contribution in [1.29, 1.82) is 5.26 Å². The third-order valence-corrected chi connectivity index (χ3v) is 2.77. The Morgan fingerprint density at radius 3 is 3.00 bits per heavy atom. The molecule has 1 aromatic rings. The SMILES string of the molecule is N#C[C@@H]1CNC[C@H]1c1ccc(Br)o1. The van der Waals surface area contributed by atoms with Gasteiger partial charge >= 0.3 is 0 Å². The number of hydrogen-bond donors (Lipinski definition) is 1. The average molecular weight is 241 g/mol. The van der Waals surface area contributed by atoms with Gasteiger partial charge in [-0.05, 0) is 28.1 Å². The van der Waals surface area contributed by atoms with E-state index in [-0.39, 0.29) is 11.8 Å². The summed E-state index contributed by atoms with van der Waals surface area (Å²) < 4.78 is 6.15. The van der Waals surface area contributed by atoms with Crippen LogP contribution in [0.2, 0.25) is 0 Å². The van der Waals surface area contributed by atoms with Gasteiger partial charge in [0.2, 0.25) is 0 Å². The molecule has 1 aromatic heterocycles. The van der Waals surface area contributed by atoms with E-state index in [4.69, 9.17) is 9.68 Å². The van der Waals surface area contributed by atoms with Gasteiger partial charge in [-0.15, -0.1) is 0 Å². The molecule has 2 rings (SSSR count). The van der Waals surface area contributed by atoms with E-state index in [0.29, 0.717) is 0 Å². The summed E-state index contributed by atoms with van der Waals surface area (Å²) in [4.78, 5) is 0. The molecule has 0 radical (unpaired) electrons. The summed E-state index contributed by atoms with van der Waals surface area (Å²) in [5, 5.41) is 12.0. The Morgan fingerprint density at radius 1 is 1.54 bits per heavy atom. The lowest BCUT2D eigenvalue weighted by Crippen LogP contribution is -2.07. The number of halogens is 1. The summed E-state index contributed by atoms with van der Waals surface area (Å²) in [6.07, 6.45) is 0. The van der Waals surface area contributed by atoms with Crippen molar-refractivity contribution in [3.63, 3.8) is 0 Å². The Morgan fingerprint density at radius 2 is 2.38 bits per heavy atom. The molecule has 0 saturated carbocycles. The van der Waals surface area contributed by atoms with E-state index in [1.807, 2.05) is 12.1 Å². The van der Waals surface area contributed by atoms with Crippen LogP contribution >= 0.6 is 15.9 Å². The third kappa shape index (κ3) is 1.62. The van der Waals surface area contributed by atoms with Crippen LogP contribution in [0.5, 0.6) is 0 Å². The Balaban J connectivity index is 2.21. The van der Waals surface area contributed by atoms with Crippen LogP contribution in [0.15, 0.2) is 21.2 Å². The van der Waals surface area contributed by atoms with Gasteiger partial charge in [0.1, 0.15) is 5.76 Å². The van der Waals surface area contributed by atoms with Gasteiger partial charge in [0.15, 0.2) is 4.67 Å². The van der Waals surface area contributed by atoms with Crippen LogP contribution in [0.1, 0.15) is 11.7 Å². The second-order valence-electron chi connectivity index (χ2n) is 3.14. The maximum Gasteiger partial charge on any atom is 0.169 e. The molecule has 2 heterocycles. The Labute approximate surface area is 84.9 Å². The highest BCUT2D eigenvalue weighted by molar-refractivity contribution is 9.10. The van der Waals surface area contributed by atoms with Crippen molar-refractivity contribution >= 4 is 15.9 Å². The summed E-state index contributed by atoms with van der Waals surface area (Å²) >= 11 is 3.25. The number of nitrogens with one attached hydrogen (secondary N) is 1. The molecule has 0 aromatic carbocycles. The van der Waals surface area contributed by atoms with Gasteiger partial charge in [0.25, 0.3) is 0 Å². The first-order chi connectivity index (χ1) is 6.31. The average Bonchev–Trinajstić information content (AvgIpc) is 2.71. The molecule has 3 nitrogen and oxygen atoms in total. The smallest absolute Gasteiger partial charge is 0.169 e. The molecule has 1 saturated heterocycles. The van der Waals surface area contributed by atoms with Crippen LogP contribution in [-0.2, 0) is 0 Å². The normalized spacial score (nSPS) is 27.4. The van der Waals surface area contributed by atoms with Crippen molar-refractivity contribution in [2.75, 3.05) is 13.1 Å². The van der Waals surface area contributed by atoms with Gasteiger partial charge in [0, 0.05) is 19.0 Å². The molecular weight excluding hydrogens is 232 g/mol. The minimum atomic E-state index is 0.0399. The zero-order valence-corrected chi connectivity index (χ0v) is 8.54. The van der Waals surface area contributed by atoms with Crippen molar-refractivity contribution in [2.24, 2.45) is 5.92 Å². The number of nitriles is 1.